The molecular formula is C10H15FO. The molecule has 0 amide bonds. The molecule has 0 N–H and O–H groups in total. The summed E-state index contributed by atoms with van der Waals surface area (Å²) in [7, 11) is 0. The second-order valence-electron chi connectivity index (χ2n) is 3.68. The van der Waals surface area contributed by atoms with Gasteiger partial charge in [0.15, 0.2) is 12.0 Å². The highest BCUT2D eigenvalue weighted by Gasteiger charge is 2.31. The van der Waals surface area contributed by atoms with Crippen LogP contribution in [0.4, 0.5) is 4.39 Å². The van der Waals surface area contributed by atoms with Gasteiger partial charge in [-0.05, 0) is 26.2 Å². The third-order valence-electron chi connectivity index (χ3n) is 2.33. The molecule has 0 saturated heterocycles. The lowest BCUT2D eigenvalue weighted by molar-refractivity contribution is -0.127. The minimum atomic E-state index is -1.23. The Morgan fingerprint density at radius 1 is 1.75 bits per heavy atom. The summed E-state index contributed by atoms with van der Waals surface area (Å²) in [5, 5.41) is 0. The van der Waals surface area contributed by atoms with Crippen LogP contribution < -0.4 is 0 Å². The van der Waals surface area contributed by atoms with Gasteiger partial charge >= 0.3 is 0 Å². The van der Waals surface area contributed by atoms with E-state index in [0.717, 1.165) is 18.4 Å². The van der Waals surface area contributed by atoms with Gasteiger partial charge < -0.3 is 0 Å². The average Bonchev–Trinajstić information content (AvgIpc) is 1.98. The minimum Gasteiger partial charge on any atom is -0.296 e. The fraction of sp³-hybridized carbons (Fsp3) is 0.700. The van der Waals surface area contributed by atoms with Gasteiger partial charge in [-0.3, -0.25) is 4.79 Å². The van der Waals surface area contributed by atoms with Crippen molar-refractivity contribution in [2.75, 3.05) is 0 Å². The third kappa shape index (κ3) is 2.16. The van der Waals surface area contributed by atoms with E-state index in [-0.39, 0.29) is 11.7 Å². The molecule has 1 rings (SSSR count). The van der Waals surface area contributed by atoms with Gasteiger partial charge in [0.05, 0.1) is 0 Å². The molecule has 0 unspecified atom stereocenters. The van der Waals surface area contributed by atoms with Crippen LogP contribution in [0.5, 0.6) is 0 Å². The van der Waals surface area contributed by atoms with Gasteiger partial charge in [0.25, 0.3) is 0 Å². The highest BCUT2D eigenvalue weighted by atomic mass is 19.1. The largest absolute Gasteiger partial charge is 0.296 e. The topological polar surface area (TPSA) is 17.1 Å². The number of ketones is 1. The standard InChI is InChI=1S/C10H15FO/c1-7(2)6-8-4-3-5-9(12)10(8)11/h8,10H,1,3-6H2,2H3/t8-,10-/m1/s1. The van der Waals surface area contributed by atoms with Crippen LogP contribution in [0.15, 0.2) is 12.2 Å². The molecule has 0 spiro atoms. The molecule has 0 heterocycles. The number of hydrogen-bond donors (Lipinski definition) is 0. The summed E-state index contributed by atoms with van der Waals surface area (Å²) in [5.74, 6) is -0.309. The minimum absolute atomic E-state index is 0.0938. The van der Waals surface area contributed by atoms with Crippen LogP contribution >= 0.6 is 0 Å². The normalized spacial score (nSPS) is 30.3. The van der Waals surface area contributed by atoms with Crippen LogP contribution in [0.3, 0.4) is 0 Å². The SMILES string of the molecule is C=C(C)C[C@H]1CCCC(=O)[C@@H]1F. The van der Waals surface area contributed by atoms with Crippen molar-refractivity contribution in [3.05, 3.63) is 12.2 Å². The first kappa shape index (κ1) is 9.43. The summed E-state index contributed by atoms with van der Waals surface area (Å²) in [4.78, 5) is 11.0. The van der Waals surface area contributed by atoms with Crippen LogP contribution in [0.2, 0.25) is 0 Å². The van der Waals surface area contributed by atoms with Crippen molar-refractivity contribution in [1.82, 2.24) is 0 Å². The van der Waals surface area contributed by atoms with Gasteiger partial charge in [0, 0.05) is 12.3 Å². The molecule has 2 atom stereocenters. The Morgan fingerprint density at radius 3 is 3.00 bits per heavy atom. The van der Waals surface area contributed by atoms with Crippen molar-refractivity contribution in [2.24, 2.45) is 5.92 Å². The quantitative estimate of drug-likeness (QED) is 0.582. The van der Waals surface area contributed by atoms with E-state index >= 15 is 0 Å². The predicted octanol–water partition coefficient (Wildman–Crippen LogP) is 2.66. The number of Topliss-reactive ketones (excluding diaryl/α,β-unsaturated/α-hetero) is 1. The van der Waals surface area contributed by atoms with Crippen LogP contribution in [0, 0.1) is 5.92 Å². The maximum atomic E-state index is 13.2. The number of allylic oxidation sites excluding steroid dienone is 1. The first-order valence-electron chi connectivity index (χ1n) is 4.42. The van der Waals surface area contributed by atoms with E-state index in [2.05, 4.69) is 6.58 Å². The molecule has 0 aromatic rings. The third-order valence-corrected chi connectivity index (χ3v) is 2.33. The molecule has 0 radical (unpaired) electrons. The number of carbonyl (C=O) groups excluding carboxylic acids is 1. The summed E-state index contributed by atoms with van der Waals surface area (Å²) in [6.07, 6.45) is 1.54. The monoisotopic (exact) mass is 170 g/mol. The first-order valence-corrected chi connectivity index (χ1v) is 4.42. The summed E-state index contributed by atoms with van der Waals surface area (Å²) in [5.41, 5.74) is 0.970. The Hall–Kier alpha value is -0.660. The number of halogens is 1. The van der Waals surface area contributed by atoms with Gasteiger partial charge in [0.2, 0.25) is 0 Å². The van der Waals surface area contributed by atoms with Gasteiger partial charge in [0.1, 0.15) is 0 Å². The molecule has 1 nitrogen and oxygen atoms in total. The van der Waals surface area contributed by atoms with Gasteiger partial charge in [-0.25, -0.2) is 4.39 Å². The van der Waals surface area contributed by atoms with Gasteiger partial charge in [-0.15, -0.1) is 6.58 Å². The Balaban J connectivity index is 2.52. The molecule has 12 heavy (non-hydrogen) atoms. The summed E-state index contributed by atoms with van der Waals surface area (Å²) in [6.45, 7) is 5.61. The number of carbonyl (C=O) groups is 1. The zero-order valence-corrected chi connectivity index (χ0v) is 7.48. The fourth-order valence-corrected chi connectivity index (χ4v) is 1.74. The predicted molar refractivity (Wildman–Crippen MR) is 46.7 cm³/mol. The Kier molecular flexibility index (Phi) is 3.01. The Bertz CT molecular complexity index is 198. The lowest BCUT2D eigenvalue weighted by Crippen LogP contribution is -2.30. The van der Waals surface area contributed by atoms with Crippen LogP contribution in [-0.4, -0.2) is 12.0 Å². The molecular weight excluding hydrogens is 155 g/mol. The van der Waals surface area contributed by atoms with E-state index < -0.39 is 6.17 Å². The molecule has 0 aliphatic heterocycles. The van der Waals surface area contributed by atoms with Crippen LogP contribution in [0.25, 0.3) is 0 Å². The number of alkyl halides is 1. The summed E-state index contributed by atoms with van der Waals surface area (Å²) >= 11 is 0. The lowest BCUT2D eigenvalue weighted by Gasteiger charge is -2.24. The van der Waals surface area contributed by atoms with E-state index in [1.807, 2.05) is 6.92 Å². The van der Waals surface area contributed by atoms with E-state index in [9.17, 15) is 9.18 Å². The zero-order chi connectivity index (χ0) is 9.14. The van der Waals surface area contributed by atoms with Crippen LogP contribution in [0.1, 0.15) is 32.6 Å². The van der Waals surface area contributed by atoms with Gasteiger partial charge in [-0.1, -0.05) is 5.57 Å². The van der Waals surface area contributed by atoms with Crippen molar-refractivity contribution < 1.29 is 9.18 Å². The highest BCUT2D eigenvalue weighted by Crippen LogP contribution is 2.28. The molecule has 0 bridgehead atoms. The van der Waals surface area contributed by atoms with Crippen molar-refractivity contribution in [1.29, 1.82) is 0 Å². The fourth-order valence-electron chi connectivity index (χ4n) is 1.74. The van der Waals surface area contributed by atoms with Crippen molar-refractivity contribution in [3.63, 3.8) is 0 Å². The number of rotatable bonds is 2. The first-order chi connectivity index (χ1) is 5.61. The second-order valence-corrected chi connectivity index (χ2v) is 3.68. The zero-order valence-electron chi connectivity index (χ0n) is 7.48. The van der Waals surface area contributed by atoms with Crippen molar-refractivity contribution in [2.45, 2.75) is 38.8 Å². The van der Waals surface area contributed by atoms with Crippen molar-refractivity contribution >= 4 is 5.78 Å². The second kappa shape index (κ2) is 3.83. The van der Waals surface area contributed by atoms with E-state index in [1.54, 1.807) is 0 Å². The van der Waals surface area contributed by atoms with E-state index in [0.29, 0.717) is 12.8 Å². The van der Waals surface area contributed by atoms with Gasteiger partial charge in [-0.2, -0.15) is 0 Å². The maximum Gasteiger partial charge on any atom is 0.167 e. The lowest BCUT2D eigenvalue weighted by atomic mass is 9.83. The molecule has 1 aliphatic carbocycles. The van der Waals surface area contributed by atoms with Crippen molar-refractivity contribution in [3.8, 4) is 0 Å². The molecule has 1 aliphatic rings. The summed E-state index contributed by atoms with van der Waals surface area (Å²) in [6, 6.07) is 0. The maximum absolute atomic E-state index is 13.2. The summed E-state index contributed by atoms with van der Waals surface area (Å²) < 4.78 is 13.2. The van der Waals surface area contributed by atoms with E-state index in [1.165, 1.54) is 0 Å². The highest BCUT2D eigenvalue weighted by molar-refractivity contribution is 5.83. The molecule has 68 valence electrons. The molecule has 1 saturated carbocycles. The molecule has 2 heteroatoms. The molecule has 0 aromatic carbocycles. The molecule has 0 aromatic heterocycles. The number of hydrogen-bond acceptors (Lipinski definition) is 1. The Labute approximate surface area is 72.7 Å². The van der Waals surface area contributed by atoms with Crippen LogP contribution in [-0.2, 0) is 4.79 Å². The molecule has 1 fully saturated rings. The Morgan fingerprint density at radius 2 is 2.42 bits per heavy atom. The van der Waals surface area contributed by atoms with E-state index in [4.69, 9.17) is 0 Å². The average molecular weight is 170 g/mol. The smallest absolute Gasteiger partial charge is 0.167 e.